The van der Waals surface area contributed by atoms with Gasteiger partial charge in [0.2, 0.25) is 41.4 Å². The van der Waals surface area contributed by atoms with E-state index in [2.05, 4.69) is 69.5 Å². The number of hydrogen-bond donors (Lipinski definition) is 9. The number of aliphatic hydroxyl groups excluding tert-OH is 4. The zero-order valence-electron chi connectivity index (χ0n) is 84.7. The molecule has 10 N–H and O–H groups in total. The maximum Gasteiger partial charge on any atom is 0.303 e. The average molecular weight is 2080 g/mol. The number of amides is 7. The van der Waals surface area contributed by atoms with E-state index < -0.39 is 71.2 Å². The van der Waals surface area contributed by atoms with Gasteiger partial charge in [-0.05, 0) is 165 Å². The fraction of sp³-hybridized carbons (Fsp3) is 0.556. The van der Waals surface area contributed by atoms with Crippen molar-refractivity contribution in [2.24, 2.45) is 22.5 Å². The number of nitrogens with one attached hydrogen (secondary N) is 3. The Labute approximate surface area is 870 Å². The molecule has 7 amide bonds. The number of nitrogens with zero attached hydrogens (tertiary/aromatic N) is 12. The molecule has 4 aromatic heterocycles. The lowest BCUT2D eigenvalue weighted by Crippen LogP contribution is -2.57. The number of carboxylic acid groups (broad SMARTS) is 1. The van der Waals surface area contributed by atoms with E-state index in [1.807, 2.05) is 161 Å². The number of thiazole rings is 2. The minimum atomic E-state index is -0.899. The lowest BCUT2D eigenvalue weighted by molar-refractivity contribution is -0.146. The molecular formula is C108H145Cl3N16O15S2. The van der Waals surface area contributed by atoms with Gasteiger partial charge in [0.25, 0.3) is 0 Å². The number of aliphatic carboxylic acids is 1. The molecular weight excluding hydrogens is 1930 g/mol. The summed E-state index contributed by atoms with van der Waals surface area (Å²) >= 11 is 15.4. The first-order valence-electron chi connectivity index (χ1n) is 50.7. The second kappa shape index (κ2) is 53.9. The van der Waals surface area contributed by atoms with Crippen LogP contribution in [0.1, 0.15) is 295 Å². The number of likely N-dealkylation sites (tertiary alicyclic amines) is 2. The summed E-state index contributed by atoms with van der Waals surface area (Å²) in [6, 6.07) is 28.1. The second-order valence-electron chi connectivity index (χ2n) is 41.3. The molecule has 0 saturated carbocycles. The van der Waals surface area contributed by atoms with Crippen LogP contribution in [0.2, 0.25) is 10.0 Å². The van der Waals surface area contributed by atoms with Gasteiger partial charge in [-0.15, -0.1) is 35.1 Å². The molecule has 0 bridgehead atoms. The number of β-amino-alcohol motifs (C(OH)–C–C–N with tert-alkyl or cyclic N) is 2. The summed E-state index contributed by atoms with van der Waals surface area (Å²) in [6.45, 7) is 25.7. The highest BCUT2D eigenvalue weighted by molar-refractivity contribution is 7.13. The Hall–Kier alpha value is -10.3. The minimum Gasteiger partial charge on any atom is -0.481 e. The van der Waals surface area contributed by atoms with E-state index in [0.29, 0.717) is 152 Å². The fourth-order valence-corrected chi connectivity index (χ4v) is 22.1. The Morgan fingerprint density at radius 3 is 1.26 bits per heavy atom. The third-order valence-electron chi connectivity index (χ3n) is 28.4. The molecule has 8 aromatic rings. The molecule has 31 nitrogen and oxygen atoms in total. The van der Waals surface area contributed by atoms with Crippen molar-refractivity contribution in [1.82, 2.24) is 65.5 Å². The molecule has 144 heavy (non-hydrogen) atoms. The largest absolute Gasteiger partial charge is 0.481 e. The number of carboxylic acids is 1. The number of aromatic nitrogens is 6. The molecule has 12 atom stereocenters. The first-order chi connectivity index (χ1) is 68.3. The third kappa shape index (κ3) is 31.1. The smallest absolute Gasteiger partial charge is 0.303 e. The van der Waals surface area contributed by atoms with E-state index in [9.17, 15) is 68.4 Å². The highest BCUT2D eigenvalue weighted by atomic mass is 35.5. The van der Waals surface area contributed by atoms with E-state index in [1.165, 1.54) is 22.5 Å². The number of halogens is 3. The number of benzene rings is 4. The van der Waals surface area contributed by atoms with Crippen LogP contribution < -0.4 is 31.5 Å². The van der Waals surface area contributed by atoms with Crippen molar-refractivity contribution in [2.75, 3.05) is 81.8 Å². The molecule has 8 heterocycles. The molecule has 4 fully saturated rings. The standard InChI is InChI=1S/C54H71ClN8O7S.C29H42N4O4S.C25H31ClN4O4.ClH/c1-34-28-44(66)47-46(34)50(58-32-57-47)61-24-26-62(27-25-61)52(69)42(37-20-22-39(55)23-21-37)14-11-10-13-40(64)12-8-6-7-9-15-45(67)60-49(54(3,4)5)53(70)63-31-41(65)29-43(63)51(68)56-30-36-16-18-38(19-17-36)48-35(2)59-33-71-48;1-19-26(38-18-32-19)21-11-9-20(10-12-21)16-31-27(36)25-15-23(35)17-33(25)28(37)24(29(2,3)4)14-22(34)8-6-5-7-13-30;1-16-14-20(31)23-22(16)24(28-15-27-23)29-10-12-30(13-11-29)25(34)19(4-2-3-5-21(32)33)17-6-8-18(26)9-7-17;/h16-23,32-34,41-44,49,65-66H,6-15,24-31H2,1-5H3,(H,56,68)(H,60,67);9-12,18,23-25,35H,5-8,13-17,30H2,1-4H3,(H,31,36);6-9,15-16,19-20,31H,2-5,10-14H2,1H3,(H,32,33);1H/t34-,41-,42-,43+,44-,49-;23-,24-,25+;16-,19-,20-;/m111./s1. The summed E-state index contributed by atoms with van der Waals surface area (Å²) in [4.78, 5) is 172. The number of anilines is 2. The Balaban J connectivity index is 0.000000227. The predicted octanol–water partition coefficient (Wildman–Crippen LogP) is 15.8. The van der Waals surface area contributed by atoms with Crippen molar-refractivity contribution in [3.63, 3.8) is 0 Å². The molecule has 14 rings (SSSR count). The van der Waals surface area contributed by atoms with Gasteiger partial charge in [-0.2, -0.15) is 0 Å². The Morgan fingerprint density at radius 1 is 0.465 bits per heavy atom. The summed E-state index contributed by atoms with van der Waals surface area (Å²) < 4.78 is 0. The molecule has 2 aliphatic carbocycles. The first kappa shape index (κ1) is 114. The maximum atomic E-state index is 14.1. The number of fused-ring (bicyclic) bond motifs is 2. The Kier molecular flexibility index (Phi) is 42.6. The molecule has 0 radical (unpaired) electrons. The van der Waals surface area contributed by atoms with Gasteiger partial charge in [0.15, 0.2) is 0 Å². The van der Waals surface area contributed by atoms with Crippen LogP contribution in [0.4, 0.5) is 11.6 Å². The number of rotatable bonds is 41. The number of carbonyl (C=O) groups is 10. The van der Waals surface area contributed by atoms with E-state index in [0.717, 1.165) is 128 Å². The van der Waals surface area contributed by atoms with Gasteiger partial charge in [-0.3, -0.25) is 47.9 Å². The number of carbonyl (C=O) groups excluding carboxylic acids is 9. The minimum absolute atomic E-state index is 0. The summed E-state index contributed by atoms with van der Waals surface area (Å²) in [6.07, 6.45) is 12.9. The van der Waals surface area contributed by atoms with Crippen LogP contribution in [-0.2, 0) is 61.0 Å². The lowest BCUT2D eigenvalue weighted by atomic mass is 9.76. The van der Waals surface area contributed by atoms with Crippen molar-refractivity contribution < 1.29 is 73.5 Å². The Bertz CT molecular complexity index is 5610. The lowest BCUT2D eigenvalue weighted by Gasteiger charge is -2.38. The molecule has 0 unspecified atom stereocenters. The number of aryl methyl sites for hydroxylation is 2. The van der Waals surface area contributed by atoms with Crippen LogP contribution in [0, 0.1) is 30.6 Å². The van der Waals surface area contributed by atoms with Crippen molar-refractivity contribution in [3.8, 4) is 20.9 Å². The number of nitrogens with two attached hydrogens (primary N) is 1. The topological polar surface area (TPSA) is 431 Å². The number of hydrogen-bond acceptors (Lipinski definition) is 25. The van der Waals surface area contributed by atoms with E-state index in [1.54, 1.807) is 34.8 Å². The molecule has 780 valence electrons. The summed E-state index contributed by atoms with van der Waals surface area (Å²) in [5, 5.41) is 60.8. The molecule has 0 spiro atoms. The van der Waals surface area contributed by atoms with Gasteiger partial charge in [0.05, 0.1) is 79.8 Å². The van der Waals surface area contributed by atoms with E-state index in [4.69, 9.17) is 34.0 Å². The van der Waals surface area contributed by atoms with Gasteiger partial charge in [-0.25, -0.2) is 29.9 Å². The zero-order valence-corrected chi connectivity index (χ0v) is 88.6. The quantitative estimate of drug-likeness (QED) is 0.0161. The average Bonchev–Trinajstić information content (AvgIpc) is 1.62. The maximum absolute atomic E-state index is 14.1. The summed E-state index contributed by atoms with van der Waals surface area (Å²) in [5.41, 5.74) is 19.3. The number of unbranched alkanes of at least 4 members (excludes halogenated alkanes) is 7. The zero-order chi connectivity index (χ0) is 103. The summed E-state index contributed by atoms with van der Waals surface area (Å²) in [7, 11) is 0. The van der Waals surface area contributed by atoms with Gasteiger partial charge in [-0.1, -0.05) is 183 Å². The second-order valence-corrected chi connectivity index (χ2v) is 43.8. The number of piperazine rings is 2. The SMILES string of the molecule is C[C@@H]1C[C@@H](O)c2ncnc(N3CCN(C(=O)[C@H](CCCCC(=O)O)c4ccc(Cl)cc4)CC3)c21.Cc1ncsc1-c1ccc(CNC(=O)[C@@H]2C[C@@H](O)CN2C(=O)[C@@H](CC(=O)CCCCCN)C(C)(C)C)cc1.Cc1ncsc1-c1ccc(CNC(=O)[C@@H]2C[C@@H](O)CN2C(=O)[C@@H](NC(=O)CCCCCCC(=O)CCCC[C@@H](C(=O)N2CCN(c3ncnc4c3[C@H](C)C[C@H]4O)CC2)c2ccc(Cl)cc2)C(C)(C)C)cc1.Cl. The van der Waals surface area contributed by atoms with Crippen molar-refractivity contribution in [2.45, 2.75) is 296 Å². The highest BCUT2D eigenvalue weighted by Gasteiger charge is 2.48. The van der Waals surface area contributed by atoms with Gasteiger partial charge < -0.3 is 76.6 Å². The van der Waals surface area contributed by atoms with Crippen molar-refractivity contribution in [3.05, 3.63) is 187 Å². The van der Waals surface area contributed by atoms with E-state index >= 15 is 0 Å². The van der Waals surface area contributed by atoms with Gasteiger partial charge in [0, 0.05) is 157 Å². The Morgan fingerprint density at radius 2 is 0.861 bits per heavy atom. The van der Waals surface area contributed by atoms with Crippen molar-refractivity contribution in [1.29, 1.82) is 0 Å². The molecule has 4 aliphatic heterocycles. The molecule has 4 aromatic carbocycles. The van der Waals surface area contributed by atoms with Gasteiger partial charge in [0.1, 0.15) is 54.0 Å². The number of ketones is 2. The van der Waals surface area contributed by atoms with Crippen molar-refractivity contribution >= 4 is 129 Å². The highest BCUT2D eigenvalue weighted by Crippen LogP contribution is 2.46. The first-order valence-corrected chi connectivity index (χ1v) is 53.3. The monoisotopic (exact) mass is 2070 g/mol. The third-order valence-corrected chi connectivity index (χ3v) is 30.8. The van der Waals surface area contributed by atoms with Crippen LogP contribution in [0.15, 0.2) is 121 Å². The van der Waals surface area contributed by atoms with Crippen LogP contribution in [0.5, 0.6) is 0 Å². The number of Topliss-reactive ketones (excluding diaryl/α,β-unsaturated/α-hetero) is 2. The van der Waals surface area contributed by atoms with Crippen LogP contribution in [0.3, 0.4) is 0 Å². The normalized spacial score (nSPS) is 19.6. The summed E-state index contributed by atoms with van der Waals surface area (Å²) in [5.74, 6) is -1.15. The molecule has 4 saturated heterocycles. The number of aliphatic hydroxyl groups is 4. The van der Waals surface area contributed by atoms with Crippen LogP contribution in [0.25, 0.3) is 20.9 Å². The van der Waals surface area contributed by atoms with Gasteiger partial charge >= 0.3 is 5.97 Å². The fourth-order valence-electron chi connectivity index (χ4n) is 20.2. The molecule has 6 aliphatic rings. The predicted molar refractivity (Wildman–Crippen MR) is 563 cm³/mol. The van der Waals surface area contributed by atoms with Crippen LogP contribution >= 0.6 is 58.3 Å². The van der Waals surface area contributed by atoms with E-state index in [-0.39, 0.29) is 135 Å². The molecule has 36 heteroatoms. The van der Waals surface area contributed by atoms with Crippen LogP contribution in [-0.4, -0.2) is 236 Å².